The van der Waals surface area contributed by atoms with Gasteiger partial charge in [0, 0.05) is 18.7 Å². The molecule has 8 nitrogen and oxygen atoms in total. The van der Waals surface area contributed by atoms with Crippen LogP contribution in [0.25, 0.3) is 0 Å². The van der Waals surface area contributed by atoms with Crippen molar-refractivity contribution in [2.75, 3.05) is 25.2 Å². The Morgan fingerprint density at radius 3 is 2.45 bits per heavy atom. The van der Waals surface area contributed by atoms with Crippen molar-refractivity contribution in [2.45, 2.75) is 12.8 Å². The average Bonchev–Trinajstić information content (AvgIpc) is 3.17. The Morgan fingerprint density at radius 2 is 1.79 bits per heavy atom. The van der Waals surface area contributed by atoms with Gasteiger partial charge in [-0.15, -0.1) is 0 Å². The Labute approximate surface area is 167 Å². The molecule has 0 spiro atoms. The molecule has 150 valence electrons. The first-order valence-corrected chi connectivity index (χ1v) is 9.04. The molecular weight excluding hydrogens is 376 g/mol. The van der Waals surface area contributed by atoms with E-state index in [1.165, 1.54) is 25.3 Å². The number of hydrogen-bond acceptors (Lipinski definition) is 6. The maximum atomic E-state index is 12.2. The van der Waals surface area contributed by atoms with Crippen LogP contribution in [0.5, 0.6) is 5.75 Å². The monoisotopic (exact) mass is 396 g/mol. The number of anilines is 1. The number of nitrogens with zero attached hydrogens (tertiary/aromatic N) is 1. The molecule has 8 heteroatoms. The van der Waals surface area contributed by atoms with Crippen molar-refractivity contribution in [3.63, 3.8) is 0 Å². The standard InChI is InChI=1S/C21H20N2O6/c1-28-17-6-3-2-5-16(17)20(26)22-18(24)13-29-21(27)14-8-10-15(11-9-14)23-12-4-7-19(23)25/h2-3,5-6,8-11H,4,7,12-13H2,1H3,(H,22,24,26). The number of ether oxygens (including phenoxy) is 2. The third-order valence-electron chi connectivity index (χ3n) is 4.43. The van der Waals surface area contributed by atoms with E-state index in [1.54, 1.807) is 35.2 Å². The van der Waals surface area contributed by atoms with Crippen LogP contribution in [0.3, 0.4) is 0 Å². The quantitative estimate of drug-likeness (QED) is 0.749. The van der Waals surface area contributed by atoms with Crippen molar-refractivity contribution in [1.82, 2.24) is 5.32 Å². The zero-order chi connectivity index (χ0) is 20.8. The fraction of sp³-hybridized carbons (Fsp3) is 0.238. The summed E-state index contributed by atoms with van der Waals surface area (Å²) in [6.45, 7) is 0.0507. The number of hydrogen-bond donors (Lipinski definition) is 1. The molecule has 0 bridgehead atoms. The van der Waals surface area contributed by atoms with Crippen LogP contribution < -0.4 is 15.0 Å². The van der Waals surface area contributed by atoms with E-state index in [0.717, 1.165) is 6.42 Å². The Kier molecular flexibility index (Phi) is 6.23. The van der Waals surface area contributed by atoms with E-state index < -0.39 is 24.4 Å². The lowest BCUT2D eigenvalue weighted by molar-refractivity contribution is -0.123. The first-order chi connectivity index (χ1) is 14.0. The predicted octanol–water partition coefficient (Wildman–Crippen LogP) is 1.94. The van der Waals surface area contributed by atoms with Gasteiger partial charge in [0.2, 0.25) is 5.91 Å². The minimum Gasteiger partial charge on any atom is -0.496 e. The van der Waals surface area contributed by atoms with E-state index in [2.05, 4.69) is 5.32 Å². The lowest BCUT2D eigenvalue weighted by atomic mass is 10.2. The lowest BCUT2D eigenvalue weighted by Gasteiger charge is -2.15. The SMILES string of the molecule is COc1ccccc1C(=O)NC(=O)COC(=O)c1ccc(N2CCCC2=O)cc1. The van der Waals surface area contributed by atoms with Crippen LogP contribution in [-0.2, 0) is 14.3 Å². The normalized spacial score (nSPS) is 13.1. The molecule has 0 radical (unpaired) electrons. The van der Waals surface area contributed by atoms with Gasteiger partial charge in [-0.3, -0.25) is 19.7 Å². The molecule has 3 rings (SSSR count). The molecule has 0 unspecified atom stereocenters. The van der Waals surface area contributed by atoms with Crippen molar-refractivity contribution in [3.05, 3.63) is 59.7 Å². The first kappa shape index (κ1) is 20.1. The highest BCUT2D eigenvalue weighted by Gasteiger charge is 2.22. The van der Waals surface area contributed by atoms with Gasteiger partial charge in [-0.05, 0) is 42.8 Å². The highest BCUT2D eigenvalue weighted by Crippen LogP contribution is 2.22. The summed E-state index contributed by atoms with van der Waals surface area (Å²) in [5.74, 6) is -1.73. The lowest BCUT2D eigenvalue weighted by Crippen LogP contribution is -2.34. The second-order valence-electron chi connectivity index (χ2n) is 6.35. The van der Waals surface area contributed by atoms with Crippen molar-refractivity contribution >= 4 is 29.4 Å². The summed E-state index contributed by atoms with van der Waals surface area (Å²) in [5.41, 5.74) is 1.15. The smallest absolute Gasteiger partial charge is 0.338 e. The van der Waals surface area contributed by atoms with Gasteiger partial charge in [-0.2, -0.15) is 0 Å². The molecule has 1 aliphatic rings. The number of imide groups is 1. The van der Waals surface area contributed by atoms with E-state index >= 15 is 0 Å². The van der Waals surface area contributed by atoms with E-state index in [4.69, 9.17) is 9.47 Å². The first-order valence-electron chi connectivity index (χ1n) is 9.04. The number of carbonyl (C=O) groups excluding carboxylic acids is 4. The molecule has 1 saturated heterocycles. The van der Waals surface area contributed by atoms with Crippen molar-refractivity contribution in [1.29, 1.82) is 0 Å². The number of nitrogens with one attached hydrogen (secondary N) is 1. The van der Waals surface area contributed by atoms with Gasteiger partial charge in [0.05, 0.1) is 18.2 Å². The summed E-state index contributed by atoms with van der Waals surface area (Å²) >= 11 is 0. The van der Waals surface area contributed by atoms with E-state index in [1.807, 2.05) is 0 Å². The maximum absolute atomic E-state index is 12.2. The molecule has 1 heterocycles. The molecule has 1 N–H and O–H groups in total. The van der Waals surface area contributed by atoms with Gasteiger partial charge in [-0.1, -0.05) is 12.1 Å². The molecule has 1 fully saturated rings. The van der Waals surface area contributed by atoms with E-state index in [-0.39, 0.29) is 17.0 Å². The second-order valence-corrected chi connectivity index (χ2v) is 6.35. The number of esters is 1. The number of para-hydroxylation sites is 1. The summed E-state index contributed by atoms with van der Waals surface area (Å²) in [5, 5.41) is 2.15. The van der Waals surface area contributed by atoms with Crippen LogP contribution in [0, 0.1) is 0 Å². The molecule has 29 heavy (non-hydrogen) atoms. The molecular formula is C21H20N2O6. The third kappa shape index (κ3) is 4.78. The number of methoxy groups -OCH3 is 1. The van der Waals surface area contributed by atoms with Gasteiger partial charge in [-0.25, -0.2) is 4.79 Å². The molecule has 0 aromatic heterocycles. The second kappa shape index (κ2) is 9.01. The summed E-state index contributed by atoms with van der Waals surface area (Å²) in [6, 6.07) is 12.8. The van der Waals surface area contributed by atoms with Gasteiger partial charge < -0.3 is 14.4 Å². The summed E-state index contributed by atoms with van der Waals surface area (Å²) in [7, 11) is 1.42. The molecule has 1 aliphatic heterocycles. The van der Waals surface area contributed by atoms with E-state index in [0.29, 0.717) is 24.4 Å². The highest BCUT2D eigenvalue weighted by atomic mass is 16.5. The fourth-order valence-electron chi connectivity index (χ4n) is 2.98. The van der Waals surface area contributed by atoms with Crippen molar-refractivity contribution in [3.8, 4) is 5.75 Å². The summed E-state index contributed by atoms with van der Waals surface area (Å²) < 4.78 is 10.0. The van der Waals surface area contributed by atoms with Crippen LogP contribution in [-0.4, -0.2) is 44.0 Å². The Bertz CT molecular complexity index is 938. The number of rotatable bonds is 6. The maximum Gasteiger partial charge on any atom is 0.338 e. The van der Waals surface area contributed by atoms with Crippen LogP contribution in [0.15, 0.2) is 48.5 Å². The molecule has 0 aliphatic carbocycles. The molecule has 3 amide bonds. The molecule has 0 atom stereocenters. The van der Waals surface area contributed by atoms with Gasteiger partial charge in [0.25, 0.3) is 11.8 Å². The Balaban J connectivity index is 1.53. The Morgan fingerprint density at radius 1 is 1.07 bits per heavy atom. The Hall–Kier alpha value is -3.68. The zero-order valence-corrected chi connectivity index (χ0v) is 15.8. The molecule has 0 saturated carbocycles. The predicted molar refractivity (Wildman–Crippen MR) is 104 cm³/mol. The van der Waals surface area contributed by atoms with Gasteiger partial charge in [0.1, 0.15) is 5.75 Å². The zero-order valence-electron chi connectivity index (χ0n) is 15.8. The number of carbonyl (C=O) groups is 4. The third-order valence-corrected chi connectivity index (χ3v) is 4.43. The largest absolute Gasteiger partial charge is 0.496 e. The fourth-order valence-corrected chi connectivity index (χ4v) is 2.98. The minimum absolute atomic E-state index is 0.0525. The van der Waals surface area contributed by atoms with Gasteiger partial charge in [0.15, 0.2) is 6.61 Å². The molecule has 2 aromatic carbocycles. The highest BCUT2D eigenvalue weighted by molar-refractivity contribution is 6.07. The molecule has 2 aromatic rings. The van der Waals surface area contributed by atoms with Crippen molar-refractivity contribution in [2.24, 2.45) is 0 Å². The average molecular weight is 396 g/mol. The van der Waals surface area contributed by atoms with Crippen LogP contribution >= 0.6 is 0 Å². The topological polar surface area (TPSA) is 102 Å². The van der Waals surface area contributed by atoms with Crippen LogP contribution in [0.4, 0.5) is 5.69 Å². The van der Waals surface area contributed by atoms with E-state index in [9.17, 15) is 19.2 Å². The number of benzene rings is 2. The van der Waals surface area contributed by atoms with Crippen LogP contribution in [0.1, 0.15) is 33.6 Å². The van der Waals surface area contributed by atoms with Crippen molar-refractivity contribution < 1.29 is 28.7 Å². The number of amides is 3. The van der Waals surface area contributed by atoms with Crippen LogP contribution in [0.2, 0.25) is 0 Å². The van der Waals surface area contributed by atoms with Gasteiger partial charge >= 0.3 is 5.97 Å². The minimum atomic E-state index is -0.756. The summed E-state index contributed by atoms with van der Waals surface area (Å²) in [4.78, 5) is 49.6. The summed E-state index contributed by atoms with van der Waals surface area (Å²) in [6.07, 6.45) is 1.33.